The van der Waals surface area contributed by atoms with Crippen LogP contribution >= 0.6 is 0 Å². The molecule has 1 aromatic heterocycles. The highest BCUT2D eigenvalue weighted by molar-refractivity contribution is 6.39. The SMILES string of the molecule is O=C(NCC(c1ccco1)N1CCN(c2ccc(F)cc2)CC1)C(=O)Nc1cc2c3c(c1)CCN3C(=O)CC2. The van der Waals surface area contributed by atoms with E-state index in [1.807, 2.05) is 23.1 Å². The van der Waals surface area contributed by atoms with Gasteiger partial charge in [0.1, 0.15) is 11.6 Å². The predicted molar refractivity (Wildman–Crippen MR) is 144 cm³/mol. The Morgan fingerprint density at radius 2 is 1.67 bits per heavy atom. The highest BCUT2D eigenvalue weighted by Crippen LogP contribution is 2.38. The van der Waals surface area contributed by atoms with Crippen molar-refractivity contribution in [3.05, 3.63) is 77.5 Å². The minimum atomic E-state index is -0.733. The zero-order chi connectivity index (χ0) is 26.9. The number of carbonyl (C=O) groups excluding carboxylic acids is 3. The second-order valence-electron chi connectivity index (χ2n) is 10.1. The number of halogens is 1. The molecule has 1 atom stereocenters. The van der Waals surface area contributed by atoms with Gasteiger partial charge >= 0.3 is 11.8 Å². The Kier molecular flexibility index (Phi) is 6.78. The lowest BCUT2D eigenvalue weighted by atomic mass is 9.98. The maximum Gasteiger partial charge on any atom is 0.313 e. The van der Waals surface area contributed by atoms with Crippen LogP contribution in [-0.4, -0.2) is 61.9 Å². The monoisotopic (exact) mass is 531 g/mol. The van der Waals surface area contributed by atoms with E-state index in [4.69, 9.17) is 4.42 Å². The van der Waals surface area contributed by atoms with E-state index < -0.39 is 11.8 Å². The fourth-order valence-electron chi connectivity index (χ4n) is 5.82. The molecule has 0 bridgehead atoms. The minimum absolute atomic E-state index is 0.139. The van der Waals surface area contributed by atoms with Crippen LogP contribution in [0.2, 0.25) is 0 Å². The van der Waals surface area contributed by atoms with Crippen molar-refractivity contribution in [2.45, 2.75) is 25.3 Å². The van der Waals surface area contributed by atoms with Gasteiger partial charge in [0.25, 0.3) is 0 Å². The summed E-state index contributed by atoms with van der Waals surface area (Å²) in [5, 5.41) is 5.52. The zero-order valence-electron chi connectivity index (χ0n) is 21.5. The van der Waals surface area contributed by atoms with Crippen LogP contribution in [-0.2, 0) is 27.2 Å². The molecule has 6 rings (SSSR count). The third-order valence-electron chi connectivity index (χ3n) is 7.79. The molecule has 0 radical (unpaired) electrons. The first-order chi connectivity index (χ1) is 19.0. The number of rotatable bonds is 6. The van der Waals surface area contributed by atoms with Crippen LogP contribution < -0.4 is 20.4 Å². The number of carbonyl (C=O) groups is 3. The summed E-state index contributed by atoms with van der Waals surface area (Å²) in [5.41, 5.74) is 4.55. The summed E-state index contributed by atoms with van der Waals surface area (Å²) in [5.74, 6) is -0.863. The van der Waals surface area contributed by atoms with Crippen LogP contribution in [0.25, 0.3) is 0 Å². The lowest BCUT2D eigenvalue weighted by Crippen LogP contribution is -2.50. The van der Waals surface area contributed by atoms with Gasteiger partial charge in [-0.25, -0.2) is 4.39 Å². The van der Waals surface area contributed by atoms with E-state index in [1.54, 1.807) is 24.5 Å². The van der Waals surface area contributed by atoms with Gasteiger partial charge in [0.15, 0.2) is 0 Å². The van der Waals surface area contributed by atoms with E-state index >= 15 is 0 Å². The Bertz CT molecular complexity index is 1380. The summed E-state index contributed by atoms with van der Waals surface area (Å²) < 4.78 is 19.0. The Morgan fingerprint density at radius 1 is 0.923 bits per heavy atom. The van der Waals surface area contributed by atoms with Gasteiger partial charge in [-0.15, -0.1) is 0 Å². The van der Waals surface area contributed by atoms with Crippen LogP contribution in [0.3, 0.4) is 0 Å². The van der Waals surface area contributed by atoms with Gasteiger partial charge < -0.3 is 24.9 Å². The minimum Gasteiger partial charge on any atom is -0.468 e. The second kappa shape index (κ2) is 10.5. The van der Waals surface area contributed by atoms with Gasteiger partial charge in [-0.2, -0.15) is 0 Å². The number of aryl methyl sites for hydroxylation is 1. The molecule has 39 heavy (non-hydrogen) atoms. The second-order valence-corrected chi connectivity index (χ2v) is 10.1. The van der Waals surface area contributed by atoms with Crippen LogP contribution in [0, 0.1) is 5.82 Å². The summed E-state index contributed by atoms with van der Waals surface area (Å²) in [6, 6.07) is 13.6. The lowest BCUT2D eigenvalue weighted by molar-refractivity contribution is -0.136. The summed E-state index contributed by atoms with van der Waals surface area (Å²) in [6.07, 6.45) is 3.42. The molecular formula is C29H30FN5O4. The third kappa shape index (κ3) is 5.12. The molecule has 0 saturated carbocycles. The van der Waals surface area contributed by atoms with Gasteiger partial charge in [-0.1, -0.05) is 0 Å². The van der Waals surface area contributed by atoms with Crippen molar-refractivity contribution in [3.63, 3.8) is 0 Å². The van der Waals surface area contributed by atoms with Crippen LogP contribution in [0.15, 0.2) is 59.2 Å². The highest BCUT2D eigenvalue weighted by atomic mass is 19.1. The fourth-order valence-corrected chi connectivity index (χ4v) is 5.82. The maximum absolute atomic E-state index is 13.3. The molecule has 10 heteroatoms. The number of nitrogens with one attached hydrogen (secondary N) is 2. The normalized spacial score (nSPS) is 17.6. The van der Waals surface area contributed by atoms with Gasteiger partial charge in [0.05, 0.1) is 18.0 Å². The van der Waals surface area contributed by atoms with Crippen molar-refractivity contribution < 1.29 is 23.2 Å². The van der Waals surface area contributed by atoms with Gasteiger partial charge in [0.2, 0.25) is 5.91 Å². The number of anilines is 3. The Hall–Kier alpha value is -4.18. The summed E-state index contributed by atoms with van der Waals surface area (Å²) in [4.78, 5) is 44.0. The van der Waals surface area contributed by atoms with Crippen molar-refractivity contribution in [2.75, 3.05) is 54.4 Å². The molecule has 2 aromatic carbocycles. The lowest BCUT2D eigenvalue weighted by Gasteiger charge is -2.39. The van der Waals surface area contributed by atoms with Crippen LogP contribution in [0.5, 0.6) is 0 Å². The number of hydrogen-bond donors (Lipinski definition) is 2. The predicted octanol–water partition coefficient (Wildman–Crippen LogP) is 2.87. The Labute approximate surface area is 225 Å². The maximum atomic E-state index is 13.3. The summed E-state index contributed by atoms with van der Waals surface area (Å²) in [6.45, 7) is 3.76. The van der Waals surface area contributed by atoms with Crippen LogP contribution in [0.1, 0.15) is 29.3 Å². The van der Waals surface area contributed by atoms with E-state index in [1.165, 1.54) is 12.1 Å². The quantitative estimate of drug-likeness (QED) is 0.475. The molecule has 1 saturated heterocycles. The summed E-state index contributed by atoms with van der Waals surface area (Å²) in [7, 11) is 0. The van der Waals surface area contributed by atoms with Crippen molar-refractivity contribution in [2.24, 2.45) is 0 Å². The molecule has 4 heterocycles. The third-order valence-corrected chi connectivity index (χ3v) is 7.79. The number of hydrogen-bond acceptors (Lipinski definition) is 6. The fraction of sp³-hybridized carbons (Fsp3) is 0.345. The molecule has 0 spiro atoms. The standard InChI is InChI=1S/C29H30FN5O4/c30-21-4-6-23(7-5-21)33-11-13-34(14-12-33)24(25-2-1-15-39-25)18-31-28(37)29(38)32-22-16-19-3-8-26(36)35-10-9-20(17-22)27(19)35/h1-2,4-7,15-17,24H,3,8-14,18H2,(H,31,37)(H,32,38). The molecule has 0 aliphatic carbocycles. The average molecular weight is 532 g/mol. The number of benzene rings is 2. The summed E-state index contributed by atoms with van der Waals surface area (Å²) >= 11 is 0. The molecule has 2 N–H and O–H groups in total. The van der Waals surface area contributed by atoms with Gasteiger partial charge in [-0.3, -0.25) is 19.3 Å². The van der Waals surface area contributed by atoms with Gasteiger partial charge in [-0.05, 0) is 72.5 Å². The number of nitrogens with zero attached hydrogens (tertiary/aromatic N) is 3. The molecule has 3 amide bonds. The first-order valence-electron chi connectivity index (χ1n) is 13.3. The van der Waals surface area contributed by atoms with Crippen molar-refractivity contribution in [3.8, 4) is 0 Å². The van der Waals surface area contributed by atoms with E-state index in [-0.39, 0.29) is 24.3 Å². The highest BCUT2D eigenvalue weighted by Gasteiger charge is 2.32. The Morgan fingerprint density at radius 3 is 2.38 bits per heavy atom. The topological polar surface area (TPSA) is 98.1 Å². The first kappa shape index (κ1) is 25.1. The van der Waals surface area contributed by atoms with E-state index in [2.05, 4.69) is 20.4 Å². The molecule has 1 fully saturated rings. The largest absolute Gasteiger partial charge is 0.468 e. The van der Waals surface area contributed by atoms with Crippen molar-refractivity contribution >= 4 is 34.8 Å². The zero-order valence-corrected chi connectivity index (χ0v) is 21.5. The van der Waals surface area contributed by atoms with Crippen molar-refractivity contribution in [1.29, 1.82) is 0 Å². The smallest absolute Gasteiger partial charge is 0.313 e. The van der Waals surface area contributed by atoms with E-state index in [0.29, 0.717) is 43.9 Å². The average Bonchev–Trinajstić information content (AvgIpc) is 3.63. The molecule has 3 aliphatic heterocycles. The number of piperazine rings is 1. The molecule has 3 aromatic rings. The molecule has 1 unspecified atom stereocenters. The molecule has 202 valence electrons. The number of amides is 3. The number of furan rings is 1. The molecule has 9 nitrogen and oxygen atoms in total. The van der Waals surface area contributed by atoms with E-state index in [0.717, 1.165) is 42.0 Å². The molecular weight excluding hydrogens is 501 g/mol. The Balaban J connectivity index is 1.08. The van der Waals surface area contributed by atoms with Crippen LogP contribution in [0.4, 0.5) is 21.5 Å². The van der Waals surface area contributed by atoms with Gasteiger partial charge in [0, 0.05) is 57.1 Å². The van der Waals surface area contributed by atoms with Crippen molar-refractivity contribution in [1.82, 2.24) is 10.2 Å². The molecule has 3 aliphatic rings. The first-order valence-corrected chi connectivity index (χ1v) is 13.3. The van der Waals surface area contributed by atoms with E-state index in [9.17, 15) is 18.8 Å².